The van der Waals surface area contributed by atoms with Crippen molar-refractivity contribution in [1.29, 1.82) is 0 Å². The van der Waals surface area contributed by atoms with Gasteiger partial charge in [0.25, 0.3) is 0 Å². The van der Waals surface area contributed by atoms with E-state index in [4.69, 9.17) is 162 Å². The van der Waals surface area contributed by atoms with Crippen LogP contribution in [0.5, 0.6) is 0 Å². The van der Waals surface area contributed by atoms with Gasteiger partial charge in [-0.2, -0.15) is 0 Å². The topological polar surface area (TPSA) is 851 Å². The first-order valence-corrected chi connectivity index (χ1v) is 26.1. The molecule has 3 rings (SSSR count). The minimum absolute atomic E-state index is 0.0258. The van der Waals surface area contributed by atoms with E-state index in [1.54, 1.807) is 0 Å². The summed E-state index contributed by atoms with van der Waals surface area (Å²) in [7, 11) is 0. The monoisotopic (exact) mass is 1360 g/mol. The van der Waals surface area contributed by atoms with Gasteiger partial charge < -0.3 is 227 Å². The van der Waals surface area contributed by atoms with E-state index in [-0.39, 0.29) is 38.0 Å². The maximum Gasteiger partial charge on any atom is 0.187 e. The quantitative estimate of drug-likeness (QED) is 0.0324. The highest BCUT2D eigenvalue weighted by atomic mass is 16.7. The van der Waals surface area contributed by atoms with Gasteiger partial charge in [0, 0.05) is 0 Å². The maximum absolute atomic E-state index is 9.94. The summed E-state index contributed by atoms with van der Waals surface area (Å²) >= 11 is 0. The van der Waals surface area contributed by atoms with Crippen LogP contribution in [0.4, 0.5) is 0 Å². The van der Waals surface area contributed by atoms with Gasteiger partial charge in [-0.1, -0.05) is 0 Å². The van der Waals surface area contributed by atoms with Crippen LogP contribution in [0, 0.1) is 0 Å². The van der Waals surface area contributed by atoms with Crippen molar-refractivity contribution in [2.45, 2.75) is 202 Å². The Balaban J connectivity index is -0.000000498. The van der Waals surface area contributed by atoms with Gasteiger partial charge in [-0.3, -0.25) is 0 Å². The molecule has 0 spiro atoms. The molecular weight excluding hydrogens is 1270 g/mol. The summed E-state index contributed by atoms with van der Waals surface area (Å²) in [6.07, 6.45) is -52.8. The number of ether oxygens (including phenoxy) is 4. The second-order valence-corrected chi connectivity index (χ2v) is 19.1. The second-order valence-electron chi connectivity index (χ2n) is 19.1. The van der Waals surface area contributed by atoms with Crippen LogP contribution in [-0.2, 0) is 42.9 Å². The number of aliphatic hydroxyl groups excluding tert-OH is 36. The Morgan fingerprint density at radius 3 is 0.879 bits per heavy atom. The Bertz CT molecular complexity index is 1690. The Morgan fingerprint density at radius 2 is 0.604 bits per heavy atom. The predicted molar refractivity (Wildman–Crippen MR) is 278 cm³/mol. The number of aldehydes is 5. The van der Waals surface area contributed by atoms with Crippen LogP contribution >= 0.6 is 0 Å². The Hall–Kier alpha value is -3.25. The predicted octanol–water partition coefficient (Wildman–Crippen LogP) is -24.2. The molecule has 0 aromatic heterocycles. The van der Waals surface area contributed by atoms with Crippen molar-refractivity contribution >= 4 is 31.4 Å². The summed E-state index contributed by atoms with van der Waals surface area (Å²) in [5, 5.41) is 320. The average molecular weight is 1360 g/mol. The minimum Gasteiger partial charge on any atom is -0.394 e. The summed E-state index contributed by atoms with van der Waals surface area (Å²) in [6, 6.07) is 0. The number of rotatable bonds is 28. The molecule has 3 fully saturated rings. The Morgan fingerprint density at radius 1 is 0.319 bits per heavy atom. The average Bonchev–Trinajstić information content (AvgIpc) is 0.842. The van der Waals surface area contributed by atoms with Gasteiger partial charge in [-0.15, -0.1) is 0 Å². The fourth-order valence-corrected chi connectivity index (χ4v) is 6.25. The molecule has 91 heavy (non-hydrogen) atoms. The van der Waals surface area contributed by atoms with Crippen molar-refractivity contribution in [1.82, 2.24) is 0 Å². The first-order chi connectivity index (χ1) is 42.2. The van der Waals surface area contributed by atoms with E-state index in [1.807, 2.05) is 0 Å². The zero-order chi connectivity index (χ0) is 72.1. The Kier molecular flexibility index (Phi) is 51.9. The molecule has 544 valence electrons. The summed E-state index contributed by atoms with van der Waals surface area (Å²) in [6.45, 7) is -5.23. The standard InChI is InChI=1S/C12H22O11.4C6H12O6.2C5H10O5/c13-1-3-5(15)6(16)9(19)12(22-3)23-10-4(2-14)21-11(20)8(18)7(10)17;4*7-1-3(9)5(11)6(12)4(10)2-8;6-2-1-10-5(9)4(8)3(2)7;6-1-3(8)5(10)4(9)2-7/h3-20H,1-2H2;4*1,3-6,8-12H,2H2;2-9H,1H2;1,3-5,7-10H,2H2/t3-,4-,5-,6+,7-,8-,9-,10-,11-,12+;2*3-,4+,5+,6+;3-,4+,5+,6-;3-,4-,5-,6-;2-,3+,4-,5?;3-,4-,5+/m1000111/s1. The van der Waals surface area contributed by atoms with E-state index in [0.717, 1.165) is 0 Å². The highest BCUT2D eigenvalue weighted by Gasteiger charge is 2.50. The molecule has 3 aliphatic heterocycles. The lowest BCUT2D eigenvalue weighted by Gasteiger charge is -2.45. The molecule has 3 aliphatic rings. The number of aliphatic hydroxyl groups is 36. The molecule has 45 nitrogen and oxygen atoms in total. The highest BCUT2D eigenvalue weighted by Crippen LogP contribution is 2.28. The largest absolute Gasteiger partial charge is 0.394 e. The van der Waals surface area contributed by atoms with Gasteiger partial charge in [0.2, 0.25) is 0 Å². The van der Waals surface area contributed by atoms with Crippen LogP contribution in [0.3, 0.4) is 0 Å². The number of carbonyl (C=O) groups excluding carboxylic acids is 5. The van der Waals surface area contributed by atoms with Crippen molar-refractivity contribution in [2.75, 3.05) is 52.9 Å². The van der Waals surface area contributed by atoms with Gasteiger partial charge in [0.15, 0.2) is 50.3 Å². The molecule has 0 saturated carbocycles. The molecule has 0 amide bonds. The first kappa shape index (κ1) is 94.1. The minimum atomic E-state index is -1.79. The van der Waals surface area contributed by atoms with Crippen LogP contribution in [-0.4, -0.2) is 470 Å². The third-order valence-corrected chi connectivity index (χ3v) is 12.2. The molecule has 36 N–H and O–H groups in total. The van der Waals surface area contributed by atoms with Crippen molar-refractivity contribution < 1.29 is 227 Å². The fraction of sp³-hybridized carbons (Fsp3) is 0.891. The number of hydrogen-bond acceptors (Lipinski definition) is 45. The van der Waals surface area contributed by atoms with Gasteiger partial charge in [0.05, 0.1) is 52.9 Å². The normalized spacial score (nSPS) is 31.7. The van der Waals surface area contributed by atoms with Crippen molar-refractivity contribution in [2.24, 2.45) is 0 Å². The molecule has 0 bridgehead atoms. The zero-order valence-electron chi connectivity index (χ0n) is 47.4. The van der Waals surface area contributed by atoms with E-state index >= 15 is 0 Å². The molecule has 0 aromatic rings. The van der Waals surface area contributed by atoms with Crippen LogP contribution < -0.4 is 0 Å². The van der Waals surface area contributed by atoms with Crippen molar-refractivity contribution in [3.63, 3.8) is 0 Å². The molecule has 3 saturated heterocycles. The smallest absolute Gasteiger partial charge is 0.187 e. The summed E-state index contributed by atoms with van der Waals surface area (Å²) in [5.74, 6) is 0. The molecule has 0 aliphatic carbocycles. The Labute approximate surface area is 512 Å². The van der Waals surface area contributed by atoms with Crippen LogP contribution in [0.15, 0.2) is 0 Å². The van der Waals surface area contributed by atoms with E-state index in [1.165, 1.54) is 0 Å². The summed E-state index contributed by atoms with van der Waals surface area (Å²) in [5.41, 5.74) is 0. The lowest BCUT2D eigenvalue weighted by molar-refractivity contribution is -0.355. The summed E-state index contributed by atoms with van der Waals surface area (Å²) < 4.78 is 19.7. The lowest BCUT2D eigenvalue weighted by atomic mass is 9.97. The zero-order valence-corrected chi connectivity index (χ0v) is 47.4. The van der Waals surface area contributed by atoms with E-state index in [9.17, 15) is 59.7 Å². The van der Waals surface area contributed by atoms with Gasteiger partial charge in [-0.05, 0) is 0 Å². The van der Waals surface area contributed by atoms with Crippen LogP contribution in [0.2, 0.25) is 0 Å². The number of hydrogen-bond donors (Lipinski definition) is 36. The van der Waals surface area contributed by atoms with Crippen molar-refractivity contribution in [3.05, 3.63) is 0 Å². The van der Waals surface area contributed by atoms with Gasteiger partial charge >= 0.3 is 0 Å². The van der Waals surface area contributed by atoms with Crippen molar-refractivity contribution in [3.8, 4) is 0 Å². The molecule has 33 atom stereocenters. The van der Waals surface area contributed by atoms with E-state index in [0.29, 0.717) is 0 Å². The third kappa shape index (κ3) is 32.8. The van der Waals surface area contributed by atoms with Gasteiger partial charge in [-0.25, -0.2) is 0 Å². The summed E-state index contributed by atoms with van der Waals surface area (Å²) in [4.78, 5) is 49.3. The third-order valence-electron chi connectivity index (χ3n) is 12.2. The van der Waals surface area contributed by atoms with Gasteiger partial charge in [0.1, 0.15) is 183 Å². The first-order valence-electron chi connectivity index (χ1n) is 26.1. The molecule has 0 aromatic carbocycles. The molecule has 45 heteroatoms. The van der Waals surface area contributed by atoms with Crippen LogP contribution in [0.1, 0.15) is 0 Å². The molecule has 1 unspecified atom stereocenters. The highest BCUT2D eigenvalue weighted by molar-refractivity contribution is 5.58. The van der Waals surface area contributed by atoms with Crippen LogP contribution in [0.25, 0.3) is 0 Å². The number of carbonyl (C=O) groups is 5. The molecule has 0 radical (unpaired) electrons. The lowest BCUT2D eigenvalue weighted by Crippen LogP contribution is -2.64. The van der Waals surface area contributed by atoms with E-state index in [2.05, 4.69) is 4.74 Å². The second kappa shape index (κ2) is 50.2. The molecule has 3 heterocycles. The fourth-order valence-electron chi connectivity index (χ4n) is 6.25. The SMILES string of the molecule is O=C[C@@H](O)[C@@H](O)[C@H](O)[C@H](O)CO.O=C[C@@H](O)[C@H](O)[C@H](O)CO.O=C[C@H](O)[C@@H](O)[C@@H](O)[C@H](O)CO.O=C[C@H](O)[C@@H](O)[C@H](O)[C@H](O)CO.O=C[C@H](O)[C@@H](O)[C@H](O)[C@H](O)CO.OC1OC[C@@H](O)[C@H](O)[C@H]1O.OC[C@H]1O[C@@H](O[C@H]2[C@H](O)[C@@H](O)[C@H](O)O[C@@H]2CO)[C@H](O)[C@@H](O)[C@@H]1O. The van der Waals surface area contributed by atoms with E-state index < -0.39 is 248 Å². The maximum atomic E-state index is 9.94. The molecular formula is C46H90O45.